The fraction of sp³-hybridized carbons (Fsp3) is 0.500. The van der Waals surface area contributed by atoms with Crippen LogP contribution in [0, 0.1) is 4.77 Å². The molecule has 25 heavy (non-hydrogen) atoms. The summed E-state index contributed by atoms with van der Waals surface area (Å²) in [6.07, 6.45) is 3.69. The fourth-order valence-electron chi connectivity index (χ4n) is 3.07. The first-order valence-corrected chi connectivity index (χ1v) is 9.17. The first-order valence-electron chi connectivity index (χ1n) is 8.77. The van der Waals surface area contributed by atoms with Gasteiger partial charge in [0.15, 0.2) is 4.77 Å². The average Bonchev–Trinajstić information content (AvgIpc) is 2.98. The second-order valence-corrected chi connectivity index (χ2v) is 7.15. The van der Waals surface area contributed by atoms with Gasteiger partial charge in [-0.25, -0.2) is 4.68 Å². The summed E-state index contributed by atoms with van der Waals surface area (Å²) in [6, 6.07) is 9.93. The van der Waals surface area contributed by atoms with E-state index >= 15 is 0 Å². The Labute approximate surface area is 153 Å². The number of hydrogen-bond acceptors (Lipinski definition) is 4. The van der Waals surface area contributed by atoms with E-state index in [4.69, 9.17) is 12.2 Å². The number of amides is 1. The van der Waals surface area contributed by atoms with Crippen LogP contribution in [0.2, 0.25) is 0 Å². The fourth-order valence-corrected chi connectivity index (χ4v) is 3.43. The number of rotatable bonds is 5. The minimum Gasteiger partial charge on any atom is -0.349 e. The molecule has 3 rings (SSSR count). The molecule has 1 aromatic heterocycles. The summed E-state index contributed by atoms with van der Waals surface area (Å²) in [4.78, 5) is 14.6. The summed E-state index contributed by atoms with van der Waals surface area (Å²) >= 11 is 5.48. The number of likely N-dealkylation sites (tertiary alicyclic amines) is 1. The van der Waals surface area contributed by atoms with Crippen molar-refractivity contribution in [3.63, 3.8) is 0 Å². The lowest BCUT2D eigenvalue weighted by molar-refractivity contribution is 0.0896. The molecular weight excluding hydrogens is 334 g/mol. The highest BCUT2D eigenvalue weighted by Gasteiger charge is 2.21. The Balaban J connectivity index is 1.51. The molecule has 2 heterocycles. The van der Waals surface area contributed by atoms with E-state index in [0.29, 0.717) is 12.7 Å². The van der Waals surface area contributed by atoms with Gasteiger partial charge in [-0.3, -0.25) is 9.69 Å². The molecular formula is C18H25N5OS. The maximum Gasteiger partial charge on any atom is 0.251 e. The Morgan fingerprint density at radius 1 is 1.28 bits per heavy atom. The number of aromatic nitrogens is 3. The summed E-state index contributed by atoms with van der Waals surface area (Å²) < 4.78 is 4.63. The van der Waals surface area contributed by atoms with Gasteiger partial charge in [0.1, 0.15) is 6.33 Å². The molecule has 7 heteroatoms. The molecule has 1 N–H and O–H groups in total. The molecule has 0 unspecified atom stereocenters. The second kappa shape index (κ2) is 7.93. The van der Waals surface area contributed by atoms with Crippen molar-refractivity contribution in [1.29, 1.82) is 0 Å². The third-order valence-corrected chi connectivity index (χ3v) is 5.03. The number of carbonyl (C=O) groups is 1. The summed E-state index contributed by atoms with van der Waals surface area (Å²) in [5.41, 5.74) is 0.718. The van der Waals surface area contributed by atoms with E-state index in [-0.39, 0.29) is 11.9 Å². The zero-order valence-corrected chi connectivity index (χ0v) is 15.6. The van der Waals surface area contributed by atoms with Crippen molar-refractivity contribution in [2.24, 2.45) is 0 Å². The SMILES string of the molecule is CC(C)n1cnn(CN2CCC(NC(=O)c3ccccc3)CC2)c1=S. The Morgan fingerprint density at radius 3 is 2.56 bits per heavy atom. The number of carbonyl (C=O) groups excluding carboxylic acids is 1. The van der Waals surface area contributed by atoms with E-state index in [1.54, 1.807) is 6.33 Å². The van der Waals surface area contributed by atoms with E-state index in [9.17, 15) is 4.79 Å². The predicted octanol–water partition coefficient (Wildman–Crippen LogP) is 2.85. The lowest BCUT2D eigenvalue weighted by atomic mass is 10.0. The van der Waals surface area contributed by atoms with Crippen molar-refractivity contribution in [1.82, 2.24) is 24.6 Å². The molecule has 0 bridgehead atoms. The Bertz CT molecular complexity index is 759. The van der Waals surface area contributed by atoms with Crippen LogP contribution in [0.15, 0.2) is 36.7 Å². The van der Waals surface area contributed by atoms with Crippen LogP contribution < -0.4 is 5.32 Å². The monoisotopic (exact) mass is 359 g/mol. The summed E-state index contributed by atoms with van der Waals surface area (Å²) in [5, 5.41) is 7.54. The number of hydrogen-bond donors (Lipinski definition) is 1. The largest absolute Gasteiger partial charge is 0.349 e. The lowest BCUT2D eigenvalue weighted by Gasteiger charge is -2.32. The molecule has 0 radical (unpaired) electrons. The van der Waals surface area contributed by atoms with E-state index in [1.807, 2.05) is 39.6 Å². The molecule has 1 amide bonds. The molecule has 1 aromatic carbocycles. The van der Waals surface area contributed by atoms with Gasteiger partial charge in [-0.15, -0.1) is 0 Å². The maximum atomic E-state index is 12.2. The standard InChI is InChI=1S/C18H25N5OS/c1-14(2)22-12-19-23(18(22)25)13-21-10-8-16(9-11-21)20-17(24)15-6-4-3-5-7-15/h3-7,12,14,16H,8-11,13H2,1-2H3,(H,20,24). The molecule has 2 aromatic rings. The third kappa shape index (κ3) is 4.35. The van der Waals surface area contributed by atoms with Gasteiger partial charge >= 0.3 is 0 Å². The van der Waals surface area contributed by atoms with Gasteiger partial charge < -0.3 is 9.88 Å². The molecule has 0 atom stereocenters. The van der Waals surface area contributed by atoms with Crippen LogP contribution in [-0.4, -0.2) is 44.3 Å². The van der Waals surface area contributed by atoms with Crippen molar-refractivity contribution in [3.05, 3.63) is 47.0 Å². The first-order chi connectivity index (χ1) is 12.0. The molecule has 1 aliphatic rings. The molecule has 1 aliphatic heterocycles. The zero-order chi connectivity index (χ0) is 17.8. The molecule has 0 spiro atoms. The van der Waals surface area contributed by atoms with Gasteiger partial charge in [-0.05, 0) is 51.0 Å². The molecule has 6 nitrogen and oxygen atoms in total. The zero-order valence-electron chi connectivity index (χ0n) is 14.8. The second-order valence-electron chi connectivity index (χ2n) is 6.79. The van der Waals surface area contributed by atoms with Crippen molar-refractivity contribution < 1.29 is 4.79 Å². The molecule has 0 saturated carbocycles. The van der Waals surface area contributed by atoms with Gasteiger partial charge in [0, 0.05) is 30.7 Å². The van der Waals surface area contributed by atoms with Crippen molar-refractivity contribution in [3.8, 4) is 0 Å². The third-order valence-electron chi connectivity index (χ3n) is 4.61. The Hall–Kier alpha value is -1.99. The van der Waals surface area contributed by atoms with Gasteiger partial charge in [0.05, 0.1) is 6.67 Å². The van der Waals surface area contributed by atoms with E-state index in [0.717, 1.165) is 36.3 Å². The molecule has 1 saturated heterocycles. The van der Waals surface area contributed by atoms with Crippen LogP contribution in [0.1, 0.15) is 43.1 Å². The molecule has 1 fully saturated rings. The van der Waals surface area contributed by atoms with Gasteiger partial charge in [0.2, 0.25) is 0 Å². The average molecular weight is 359 g/mol. The lowest BCUT2D eigenvalue weighted by Crippen LogP contribution is -2.45. The molecule has 134 valence electrons. The van der Waals surface area contributed by atoms with Crippen LogP contribution in [0.5, 0.6) is 0 Å². The highest BCUT2D eigenvalue weighted by Crippen LogP contribution is 2.13. The number of nitrogens with one attached hydrogen (secondary N) is 1. The summed E-state index contributed by atoms with van der Waals surface area (Å²) in [7, 11) is 0. The molecule has 0 aliphatic carbocycles. The van der Waals surface area contributed by atoms with E-state index < -0.39 is 0 Å². The maximum absolute atomic E-state index is 12.2. The highest BCUT2D eigenvalue weighted by molar-refractivity contribution is 7.71. The van der Waals surface area contributed by atoms with Gasteiger partial charge in [0.25, 0.3) is 5.91 Å². The van der Waals surface area contributed by atoms with Crippen molar-refractivity contribution in [2.75, 3.05) is 13.1 Å². The van der Waals surface area contributed by atoms with Crippen LogP contribution in [0.4, 0.5) is 0 Å². The summed E-state index contributed by atoms with van der Waals surface area (Å²) in [6.45, 7) is 6.76. The van der Waals surface area contributed by atoms with E-state index in [2.05, 4.69) is 29.2 Å². The van der Waals surface area contributed by atoms with Crippen LogP contribution in [0.3, 0.4) is 0 Å². The van der Waals surface area contributed by atoms with Gasteiger partial charge in [-0.1, -0.05) is 18.2 Å². The predicted molar refractivity (Wildman–Crippen MR) is 99.9 cm³/mol. The summed E-state index contributed by atoms with van der Waals surface area (Å²) in [5.74, 6) is 0.0111. The minimum atomic E-state index is 0.0111. The van der Waals surface area contributed by atoms with E-state index in [1.165, 1.54) is 0 Å². The minimum absolute atomic E-state index is 0.0111. The van der Waals surface area contributed by atoms with Crippen molar-refractivity contribution in [2.45, 2.75) is 45.4 Å². The number of benzene rings is 1. The normalized spacial score (nSPS) is 16.3. The quantitative estimate of drug-likeness (QED) is 0.834. The van der Waals surface area contributed by atoms with Gasteiger partial charge in [-0.2, -0.15) is 5.10 Å². The number of piperidine rings is 1. The number of nitrogens with zero attached hydrogens (tertiary/aromatic N) is 4. The van der Waals surface area contributed by atoms with Crippen molar-refractivity contribution >= 4 is 18.1 Å². The van der Waals surface area contributed by atoms with Crippen LogP contribution in [0.25, 0.3) is 0 Å². The smallest absolute Gasteiger partial charge is 0.251 e. The highest BCUT2D eigenvalue weighted by atomic mass is 32.1. The topological polar surface area (TPSA) is 55.1 Å². The first kappa shape index (κ1) is 17.8. The van der Waals surface area contributed by atoms with Crippen LogP contribution in [-0.2, 0) is 6.67 Å². The Morgan fingerprint density at radius 2 is 1.96 bits per heavy atom. The van der Waals surface area contributed by atoms with Crippen LogP contribution >= 0.6 is 12.2 Å². The Kier molecular flexibility index (Phi) is 5.65.